The summed E-state index contributed by atoms with van der Waals surface area (Å²) in [5, 5.41) is 6.90. The van der Waals surface area contributed by atoms with Gasteiger partial charge in [0, 0.05) is 45.8 Å². The minimum atomic E-state index is -3.41. The predicted molar refractivity (Wildman–Crippen MR) is 133 cm³/mol. The van der Waals surface area contributed by atoms with Gasteiger partial charge in [-0.2, -0.15) is 0 Å². The van der Waals surface area contributed by atoms with E-state index in [1.165, 1.54) is 18.4 Å². The zero-order valence-corrected chi connectivity index (χ0v) is 22.1. The third kappa shape index (κ3) is 5.66. The van der Waals surface area contributed by atoms with Crippen LogP contribution in [0.1, 0.15) is 45.6 Å². The fraction of sp³-hybridized carbons (Fsp3) is 0.667. The molecule has 9 heteroatoms. The van der Waals surface area contributed by atoms with Crippen molar-refractivity contribution in [3.05, 3.63) is 29.8 Å². The van der Waals surface area contributed by atoms with Gasteiger partial charge >= 0.3 is 0 Å². The first kappa shape index (κ1) is 27.1. The minimum Gasteiger partial charge on any atom is -0.378 e. The van der Waals surface area contributed by atoms with Crippen molar-refractivity contribution in [1.82, 2.24) is 14.9 Å². The first-order valence-corrected chi connectivity index (χ1v) is 11.8. The van der Waals surface area contributed by atoms with E-state index in [1.54, 1.807) is 19.2 Å². The molecule has 7 nitrogen and oxygen atoms in total. The zero-order chi connectivity index (χ0) is 21.7. The third-order valence-corrected chi connectivity index (χ3v) is 8.00. The summed E-state index contributed by atoms with van der Waals surface area (Å²) in [5.74, 6) is 0.751. The van der Waals surface area contributed by atoms with Gasteiger partial charge in [0.2, 0.25) is 10.0 Å². The highest BCUT2D eigenvalue weighted by Crippen LogP contribution is 2.48. The molecule has 0 spiro atoms. The van der Waals surface area contributed by atoms with Crippen LogP contribution in [0.4, 0.5) is 0 Å². The summed E-state index contributed by atoms with van der Waals surface area (Å²) in [7, 11) is 1.42. The van der Waals surface area contributed by atoms with Crippen LogP contribution >= 0.6 is 24.0 Å². The van der Waals surface area contributed by atoms with Crippen LogP contribution < -0.4 is 10.6 Å². The molecule has 1 aromatic carbocycles. The molecule has 2 rings (SSSR count). The molecule has 0 heterocycles. The van der Waals surface area contributed by atoms with Gasteiger partial charge in [0.25, 0.3) is 0 Å². The van der Waals surface area contributed by atoms with Gasteiger partial charge in [0.1, 0.15) is 0 Å². The molecule has 1 saturated carbocycles. The summed E-state index contributed by atoms with van der Waals surface area (Å²) in [5.41, 5.74) is 1.12. The van der Waals surface area contributed by atoms with E-state index in [0.29, 0.717) is 23.6 Å². The van der Waals surface area contributed by atoms with Crippen molar-refractivity contribution in [2.45, 2.75) is 63.6 Å². The van der Waals surface area contributed by atoms with Gasteiger partial charge in [0.05, 0.1) is 11.0 Å². The van der Waals surface area contributed by atoms with E-state index in [-0.39, 0.29) is 29.4 Å². The van der Waals surface area contributed by atoms with E-state index in [2.05, 4.69) is 29.5 Å². The van der Waals surface area contributed by atoms with Crippen molar-refractivity contribution in [1.29, 1.82) is 0 Å². The second-order valence-electron chi connectivity index (χ2n) is 7.67. The van der Waals surface area contributed by atoms with Crippen molar-refractivity contribution in [3.63, 3.8) is 0 Å². The van der Waals surface area contributed by atoms with Crippen LogP contribution in [0.2, 0.25) is 0 Å². The third-order valence-electron chi connectivity index (χ3n) is 6.17. The Bertz CT molecular complexity index is 793. The van der Waals surface area contributed by atoms with Crippen molar-refractivity contribution in [2.75, 3.05) is 27.7 Å². The van der Waals surface area contributed by atoms with Crippen LogP contribution in [0.15, 0.2) is 34.2 Å². The number of sulfonamides is 1. The van der Waals surface area contributed by atoms with Gasteiger partial charge in [-0.05, 0) is 43.9 Å². The van der Waals surface area contributed by atoms with Gasteiger partial charge < -0.3 is 15.4 Å². The maximum absolute atomic E-state index is 12.2. The van der Waals surface area contributed by atoms with E-state index < -0.39 is 10.0 Å². The van der Waals surface area contributed by atoms with Crippen LogP contribution in [0.5, 0.6) is 0 Å². The maximum atomic E-state index is 12.2. The zero-order valence-electron chi connectivity index (χ0n) is 18.9. The number of nitrogens with zero attached hydrogens (tertiary/aromatic N) is 2. The SMILES string of the molecule is CCOC1CC(NC(=NC)NCc2ccc(S(=O)(=O)N(C)C)cc2)C1(CC)CC.I. The number of rotatable bonds is 9. The van der Waals surface area contributed by atoms with E-state index in [9.17, 15) is 8.42 Å². The average Bonchev–Trinajstić information content (AvgIpc) is 2.70. The van der Waals surface area contributed by atoms with Crippen LogP contribution in [0.3, 0.4) is 0 Å². The Kier molecular flexibility index (Phi) is 10.5. The molecule has 1 aromatic rings. The highest BCUT2D eigenvalue weighted by Gasteiger charge is 2.53. The Morgan fingerprint density at radius 1 is 1.20 bits per heavy atom. The van der Waals surface area contributed by atoms with Crippen molar-refractivity contribution >= 4 is 40.0 Å². The molecular formula is C21H37IN4O3S. The van der Waals surface area contributed by atoms with Crippen LogP contribution in [0.25, 0.3) is 0 Å². The molecule has 0 bridgehead atoms. The van der Waals surface area contributed by atoms with Gasteiger partial charge in [-0.25, -0.2) is 12.7 Å². The smallest absolute Gasteiger partial charge is 0.242 e. The standard InChI is InChI=1S/C21H36N4O3S.HI/c1-7-21(8-2)18(14-19(21)28-9-3)24-20(22-4)23-15-16-10-12-17(13-11-16)29(26,27)25(5)6;/h10-13,18-19H,7-9,14-15H2,1-6H3,(H2,22,23,24);1H. The number of nitrogens with one attached hydrogen (secondary N) is 2. The molecule has 30 heavy (non-hydrogen) atoms. The van der Waals surface area contributed by atoms with E-state index >= 15 is 0 Å². The molecule has 2 unspecified atom stereocenters. The molecule has 1 fully saturated rings. The fourth-order valence-electron chi connectivity index (χ4n) is 4.12. The van der Waals surface area contributed by atoms with Gasteiger partial charge in [-0.1, -0.05) is 26.0 Å². The minimum absolute atomic E-state index is 0. The summed E-state index contributed by atoms with van der Waals surface area (Å²) in [6.07, 6.45) is 3.40. The monoisotopic (exact) mass is 552 g/mol. The highest BCUT2D eigenvalue weighted by atomic mass is 127. The van der Waals surface area contributed by atoms with E-state index in [1.807, 2.05) is 19.1 Å². The average molecular weight is 553 g/mol. The van der Waals surface area contributed by atoms with Crippen LogP contribution in [-0.4, -0.2) is 58.6 Å². The number of hydrogen-bond acceptors (Lipinski definition) is 4. The number of guanidine groups is 1. The van der Waals surface area contributed by atoms with Gasteiger partial charge in [-0.3, -0.25) is 4.99 Å². The normalized spacial score (nSPS) is 21.0. The quantitative estimate of drug-likeness (QED) is 0.280. The summed E-state index contributed by atoms with van der Waals surface area (Å²) >= 11 is 0. The number of ether oxygens (including phenoxy) is 1. The summed E-state index contributed by atoms with van der Waals surface area (Å²) < 4.78 is 31.5. The molecule has 0 radical (unpaired) electrons. The maximum Gasteiger partial charge on any atom is 0.242 e. The Labute approximate surface area is 199 Å². The predicted octanol–water partition coefficient (Wildman–Crippen LogP) is 3.20. The van der Waals surface area contributed by atoms with Gasteiger partial charge in [0.15, 0.2) is 5.96 Å². The largest absolute Gasteiger partial charge is 0.378 e. The Hall–Kier alpha value is -0.910. The van der Waals surface area contributed by atoms with Crippen LogP contribution in [-0.2, 0) is 21.3 Å². The second-order valence-corrected chi connectivity index (χ2v) is 9.83. The summed E-state index contributed by atoms with van der Waals surface area (Å²) in [6.45, 7) is 7.80. The Balaban J connectivity index is 0.00000450. The molecule has 172 valence electrons. The lowest BCUT2D eigenvalue weighted by molar-refractivity contribution is -0.133. The van der Waals surface area contributed by atoms with E-state index in [0.717, 1.165) is 37.4 Å². The molecular weight excluding hydrogens is 515 g/mol. The number of halogens is 1. The van der Waals surface area contributed by atoms with Crippen LogP contribution in [0, 0.1) is 5.41 Å². The first-order valence-electron chi connectivity index (χ1n) is 10.3. The molecule has 0 amide bonds. The highest BCUT2D eigenvalue weighted by molar-refractivity contribution is 14.0. The first-order chi connectivity index (χ1) is 13.7. The lowest BCUT2D eigenvalue weighted by atomic mass is 9.58. The lowest BCUT2D eigenvalue weighted by Gasteiger charge is -2.55. The molecule has 0 aromatic heterocycles. The molecule has 2 atom stereocenters. The molecule has 0 saturated heterocycles. The van der Waals surface area contributed by atoms with Gasteiger partial charge in [-0.15, -0.1) is 24.0 Å². The number of aliphatic imine (C=N–C) groups is 1. The topological polar surface area (TPSA) is 83.0 Å². The molecule has 1 aliphatic carbocycles. The summed E-state index contributed by atoms with van der Waals surface area (Å²) in [4.78, 5) is 4.65. The van der Waals surface area contributed by atoms with Crippen molar-refractivity contribution < 1.29 is 13.2 Å². The number of benzene rings is 1. The molecule has 1 aliphatic rings. The fourth-order valence-corrected chi connectivity index (χ4v) is 5.02. The van der Waals surface area contributed by atoms with Crippen molar-refractivity contribution in [3.8, 4) is 0 Å². The Morgan fingerprint density at radius 2 is 1.80 bits per heavy atom. The van der Waals surface area contributed by atoms with Crippen molar-refractivity contribution in [2.24, 2.45) is 10.4 Å². The molecule has 0 aliphatic heterocycles. The Morgan fingerprint density at radius 3 is 2.27 bits per heavy atom. The second kappa shape index (κ2) is 11.6. The molecule has 2 N–H and O–H groups in total. The lowest BCUT2D eigenvalue weighted by Crippen LogP contribution is -2.65. The number of hydrogen-bond donors (Lipinski definition) is 2. The summed E-state index contributed by atoms with van der Waals surface area (Å²) in [6, 6.07) is 7.26. The van der Waals surface area contributed by atoms with E-state index in [4.69, 9.17) is 4.74 Å².